The summed E-state index contributed by atoms with van der Waals surface area (Å²) in [6.07, 6.45) is 0.992. The minimum absolute atomic E-state index is 0.338. The Hall–Kier alpha value is -1.12. The van der Waals surface area contributed by atoms with Gasteiger partial charge in [0.2, 0.25) is 0 Å². The molecule has 0 N–H and O–H groups in total. The van der Waals surface area contributed by atoms with Crippen molar-refractivity contribution >= 4 is 42.6 Å². The number of aryl methyl sites for hydroxylation is 1. The molecule has 21 heavy (non-hydrogen) atoms. The van der Waals surface area contributed by atoms with Crippen LogP contribution in [0.2, 0.25) is 0 Å². The standard InChI is InChI=1S/C19H16Br2/c1-13-10-17(8-9-18(13)20)19(21)12-14-6-7-15-4-2-3-5-16(15)11-14/h2-11,19H,12H2,1H3. The molecule has 0 radical (unpaired) electrons. The van der Waals surface area contributed by atoms with Gasteiger partial charge in [-0.1, -0.05) is 86.5 Å². The summed E-state index contributed by atoms with van der Waals surface area (Å²) < 4.78 is 1.16. The van der Waals surface area contributed by atoms with E-state index in [2.05, 4.69) is 99.4 Å². The van der Waals surface area contributed by atoms with E-state index >= 15 is 0 Å². The largest absolute Gasteiger partial charge is 0.0835 e. The molecule has 0 heterocycles. The first-order valence-corrected chi connectivity index (χ1v) is 8.72. The Morgan fingerprint density at radius 3 is 2.43 bits per heavy atom. The summed E-state index contributed by atoms with van der Waals surface area (Å²) in [4.78, 5) is 0.338. The second kappa shape index (κ2) is 6.33. The molecule has 0 spiro atoms. The maximum atomic E-state index is 3.83. The van der Waals surface area contributed by atoms with Crippen molar-refractivity contribution in [2.24, 2.45) is 0 Å². The van der Waals surface area contributed by atoms with Crippen molar-refractivity contribution in [1.29, 1.82) is 0 Å². The van der Waals surface area contributed by atoms with E-state index in [1.807, 2.05) is 0 Å². The van der Waals surface area contributed by atoms with Gasteiger partial charge in [-0.2, -0.15) is 0 Å². The fraction of sp³-hybridized carbons (Fsp3) is 0.158. The molecule has 0 aliphatic rings. The summed E-state index contributed by atoms with van der Waals surface area (Å²) in [6.45, 7) is 2.13. The van der Waals surface area contributed by atoms with E-state index in [1.165, 1.54) is 27.5 Å². The topological polar surface area (TPSA) is 0 Å². The highest BCUT2D eigenvalue weighted by Crippen LogP contribution is 2.30. The predicted molar refractivity (Wildman–Crippen MR) is 98.2 cm³/mol. The first kappa shape index (κ1) is 14.8. The number of fused-ring (bicyclic) bond motifs is 1. The average molecular weight is 404 g/mol. The van der Waals surface area contributed by atoms with E-state index in [-0.39, 0.29) is 0 Å². The van der Waals surface area contributed by atoms with Gasteiger partial charge in [0.05, 0.1) is 0 Å². The third kappa shape index (κ3) is 3.38. The SMILES string of the molecule is Cc1cc(C(Br)Cc2ccc3ccccc3c2)ccc1Br. The lowest BCUT2D eigenvalue weighted by Gasteiger charge is -2.12. The van der Waals surface area contributed by atoms with Crippen LogP contribution >= 0.6 is 31.9 Å². The van der Waals surface area contributed by atoms with Crippen LogP contribution in [0.1, 0.15) is 21.5 Å². The molecule has 0 bridgehead atoms. The van der Waals surface area contributed by atoms with E-state index in [9.17, 15) is 0 Å². The summed E-state index contributed by atoms with van der Waals surface area (Å²) >= 11 is 7.39. The lowest BCUT2D eigenvalue weighted by atomic mass is 10.0. The molecule has 0 saturated heterocycles. The number of alkyl halides is 1. The molecule has 0 aromatic heterocycles. The van der Waals surface area contributed by atoms with Gasteiger partial charge in [-0.25, -0.2) is 0 Å². The molecule has 2 heteroatoms. The molecule has 1 atom stereocenters. The molecule has 3 rings (SSSR count). The van der Waals surface area contributed by atoms with Gasteiger partial charge in [0, 0.05) is 9.30 Å². The summed E-state index contributed by atoms with van der Waals surface area (Å²) in [6, 6.07) is 21.8. The zero-order valence-corrected chi connectivity index (χ0v) is 15.0. The third-order valence-electron chi connectivity index (χ3n) is 3.77. The lowest BCUT2D eigenvalue weighted by molar-refractivity contribution is 0.948. The van der Waals surface area contributed by atoms with Gasteiger partial charge in [0.1, 0.15) is 0 Å². The van der Waals surface area contributed by atoms with Crippen LogP contribution in [0.25, 0.3) is 10.8 Å². The van der Waals surface area contributed by atoms with Crippen LogP contribution in [0.4, 0.5) is 0 Å². The Morgan fingerprint density at radius 1 is 0.905 bits per heavy atom. The van der Waals surface area contributed by atoms with Crippen LogP contribution in [0.5, 0.6) is 0 Å². The monoisotopic (exact) mass is 402 g/mol. The van der Waals surface area contributed by atoms with Gasteiger partial charge >= 0.3 is 0 Å². The molecular formula is C19H16Br2. The zero-order chi connectivity index (χ0) is 14.8. The zero-order valence-electron chi connectivity index (χ0n) is 11.8. The van der Waals surface area contributed by atoms with Crippen LogP contribution in [0, 0.1) is 6.92 Å². The van der Waals surface area contributed by atoms with Gasteiger partial charge < -0.3 is 0 Å². The Labute approximate surface area is 142 Å². The fourth-order valence-corrected chi connectivity index (χ4v) is 3.46. The molecule has 0 saturated carbocycles. The average Bonchev–Trinajstić information content (AvgIpc) is 2.50. The van der Waals surface area contributed by atoms with Gasteiger partial charge in [0.15, 0.2) is 0 Å². The molecule has 0 aliphatic carbocycles. The third-order valence-corrected chi connectivity index (χ3v) is 5.51. The highest BCUT2D eigenvalue weighted by Gasteiger charge is 2.10. The number of hydrogen-bond donors (Lipinski definition) is 0. The Kier molecular flexibility index (Phi) is 4.46. The molecular weight excluding hydrogens is 388 g/mol. The number of hydrogen-bond acceptors (Lipinski definition) is 0. The quantitative estimate of drug-likeness (QED) is 0.432. The van der Waals surface area contributed by atoms with Crippen molar-refractivity contribution in [3.63, 3.8) is 0 Å². The van der Waals surface area contributed by atoms with Crippen LogP contribution in [0.3, 0.4) is 0 Å². The van der Waals surface area contributed by atoms with Crippen LogP contribution in [-0.2, 0) is 6.42 Å². The van der Waals surface area contributed by atoms with Crippen LogP contribution < -0.4 is 0 Å². The van der Waals surface area contributed by atoms with E-state index < -0.39 is 0 Å². The molecule has 0 aliphatic heterocycles. The molecule has 3 aromatic carbocycles. The van der Waals surface area contributed by atoms with Gasteiger partial charge in [-0.05, 0) is 46.9 Å². The molecule has 1 unspecified atom stereocenters. The Bertz CT molecular complexity index is 777. The van der Waals surface area contributed by atoms with E-state index in [4.69, 9.17) is 0 Å². The normalized spacial score (nSPS) is 12.5. The number of benzene rings is 3. The van der Waals surface area contributed by atoms with E-state index in [1.54, 1.807) is 0 Å². The second-order valence-corrected chi connectivity index (χ2v) is 7.32. The summed E-state index contributed by atoms with van der Waals surface area (Å²) in [5.41, 5.74) is 3.95. The lowest BCUT2D eigenvalue weighted by Crippen LogP contribution is -1.96. The summed E-state index contributed by atoms with van der Waals surface area (Å²) in [5, 5.41) is 2.61. The number of rotatable bonds is 3. The second-order valence-electron chi connectivity index (χ2n) is 5.36. The van der Waals surface area contributed by atoms with Crippen molar-refractivity contribution in [2.45, 2.75) is 18.2 Å². The first-order valence-electron chi connectivity index (χ1n) is 7.01. The first-order chi connectivity index (χ1) is 10.1. The van der Waals surface area contributed by atoms with Crippen molar-refractivity contribution in [3.8, 4) is 0 Å². The van der Waals surface area contributed by atoms with Crippen molar-refractivity contribution < 1.29 is 0 Å². The maximum absolute atomic E-state index is 3.83. The van der Waals surface area contributed by atoms with Crippen LogP contribution in [0.15, 0.2) is 65.1 Å². The summed E-state index contributed by atoms with van der Waals surface area (Å²) in [5.74, 6) is 0. The van der Waals surface area contributed by atoms with E-state index in [0.29, 0.717) is 4.83 Å². The maximum Gasteiger partial charge on any atom is 0.0435 e. The highest BCUT2D eigenvalue weighted by molar-refractivity contribution is 9.10. The van der Waals surface area contributed by atoms with Gasteiger partial charge in [-0.3, -0.25) is 0 Å². The van der Waals surface area contributed by atoms with Gasteiger partial charge in [0.25, 0.3) is 0 Å². The molecule has 3 aromatic rings. The Balaban J connectivity index is 1.85. The predicted octanol–water partition coefficient (Wildman–Crippen LogP) is 6.59. The molecule has 106 valence electrons. The Morgan fingerprint density at radius 2 is 1.67 bits per heavy atom. The molecule has 0 fully saturated rings. The van der Waals surface area contributed by atoms with Crippen molar-refractivity contribution in [2.75, 3.05) is 0 Å². The molecule has 0 amide bonds. The van der Waals surface area contributed by atoms with Crippen molar-refractivity contribution in [1.82, 2.24) is 0 Å². The minimum Gasteiger partial charge on any atom is -0.0835 e. The van der Waals surface area contributed by atoms with Gasteiger partial charge in [-0.15, -0.1) is 0 Å². The molecule has 0 nitrogen and oxygen atoms in total. The number of halogens is 2. The summed E-state index contributed by atoms with van der Waals surface area (Å²) in [7, 11) is 0. The minimum atomic E-state index is 0.338. The van der Waals surface area contributed by atoms with E-state index in [0.717, 1.165) is 10.9 Å². The van der Waals surface area contributed by atoms with Crippen LogP contribution in [-0.4, -0.2) is 0 Å². The smallest absolute Gasteiger partial charge is 0.0435 e. The highest BCUT2D eigenvalue weighted by atomic mass is 79.9. The van der Waals surface area contributed by atoms with Crippen molar-refractivity contribution in [3.05, 3.63) is 81.8 Å². The fourth-order valence-electron chi connectivity index (χ4n) is 2.55.